The van der Waals surface area contributed by atoms with Crippen molar-refractivity contribution in [3.63, 3.8) is 0 Å². The second-order valence-electron chi connectivity index (χ2n) is 3.11. The van der Waals surface area contributed by atoms with E-state index in [4.69, 9.17) is 11.6 Å². The van der Waals surface area contributed by atoms with E-state index in [1.807, 2.05) is 18.2 Å². The second kappa shape index (κ2) is 7.20. The molecule has 0 fully saturated rings. The van der Waals surface area contributed by atoms with Gasteiger partial charge in [-0.05, 0) is 17.7 Å². The maximum Gasteiger partial charge on any atom is 0.306 e. The summed E-state index contributed by atoms with van der Waals surface area (Å²) < 4.78 is 5.53. The molecule has 0 radical (unpaired) electrons. The molecule has 0 aliphatic heterocycles. The van der Waals surface area contributed by atoms with Crippen LogP contribution in [0.1, 0.15) is 12.0 Å². The number of carbonyl (C=O) groups excluding carboxylic acids is 1. The number of ether oxygens (including phenoxy) is 1. The molecule has 1 rings (SSSR count). The predicted molar refractivity (Wildman–Crippen MR) is 71.9 cm³/mol. The van der Waals surface area contributed by atoms with E-state index < -0.39 is 0 Å². The zero-order valence-corrected chi connectivity index (χ0v) is 12.0. The van der Waals surface area contributed by atoms with Crippen molar-refractivity contribution in [2.24, 2.45) is 0 Å². The Balaban J connectivity index is 2.35. The van der Waals surface area contributed by atoms with Crippen LogP contribution in [-0.2, 0) is 15.3 Å². The Labute approximate surface area is 113 Å². The van der Waals surface area contributed by atoms with Crippen molar-refractivity contribution in [3.8, 4) is 0 Å². The van der Waals surface area contributed by atoms with Gasteiger partial charge in [-0.25, -0.2) is 0 Å². The van der Waals surface area contributed by atoms with Gasteiger partial charge in [0.2, 0.25) is 0 Å². The van der Waals surface area contributed by atoms with Crippen molar-refractivity contribution in [2.45, 2.75) is 12.2 Å². The van der Waals surface area contributed by atoms with Crippen LogP contribution < -0.4 is 0 Å². The number of thioether (sulfide) groups is 1. The Morgan fingerprint density at radius 1 is 1.56 bits per heavy atom. The first kappa shape index (κ1) is 13.9. The van der Waals surface area contributed by atoms with Crippen LogP contribution in [0.5, 0.6) is 0 Å². The Morgan fingerprint density at radius 3 is 2.94 bits per heavy atom. The largest absolute Gasteiger partial charge is 0.469 e. The molecule has 0 heterocycles. The van der Waals surface area contributed by atoms with Crippen LogP contribution in [0.4, 0.5) is 0 Å². The number of esters is 1. The number of hydrogen-bond acceptors (Lipinski definition) is 3. The highest BCUT2D eigenvalue weighted by atomic mass is 79.9. The van der Waals surface area contributed by atoms with Crippen molar-refractivity contribution in [3.05, 3.63) is 33.3 Å². The van der Waals surface area contributed by atoms with Crippen LogP contribution in [0.2, 0.25) is 5.02 Å². The zero-order chi connectivity index (χ0) is 12.0. The van der Waals surface area contributed by atoms with Gasteiger partial charge in [-0.2, -0.15) is 11.8 Å². The van der Waals surface area contributed by atoms with E-state index in [0.717, 1.165) is 26.6 Å². The SMILES string of the molecule is COC(=O)CCSCc1ccc(Br)cc1Cl. The van der Waals surface area contributed by atoms with Crippen molar-refractivity contribution in [1.29, 1.82) is 0 Å². The molecule has 0 unspecified atom stereocenters. The van der Waals surface area contributed by atoms with Gasteiger partial charge in [0.25, 0.3) is 0 Å². The third kappa shape index (κ3) is 4.76. The van der Waals surface area contributed by atoms with Gasteiger partial charge >= 0.3 is 5.97 Å². The van der Waals surface area contributed by atoms with Gasteiger partial charge in [0.05, 0.1) is 13.5 Å². The molecule has 0 N–H and O–H groups in total. The lowest BCUT2D eigenvalue weighted by Gasteiger charge is -2.04. The van der Waals surface area contributed by atoms with E-state index in [2.05, 4.69) is 20.7 Å². The highest BCUT2D eigenvalue weighted by Crippen LogP contribution is 2.25. The number of halogens is 2. The topological polar surface area (TPSA) is 26.3 Å². The van der Waals surface area contributed by atoms with Gasteiger partial charge in [-0.1, -0.05) is 33.6 Å². The van der Waals surface area contributed by atoms with E-state index >= 15 is 0 Å². The van der Waals surface area contributed by atoms with Crippen LogP contribution in [0, 0.1) is 0 Å². The fourth-order valence-corrected chi connectivity index (χ4v) is 2.82. The summed E-state index contributed by atoms with van der Waals surface area (Å²) in [6.45, 7) is 0. The number of rotatable bonds is 5. The van der Waals surface area contributed by atoms with Crippen molar-refractivity contribution < 1.29 is 9.53 Å². The van der Waals surface area contributed by atoms with Crippen LogP contribution >= 0.6 is 39.3 Å². The highest BCUT2D eigenvalue weighted by Gasteiger charge is 2.03. The van der Waals surface area contributed by atoms with Gasteiger partial charge in [0.1, 0.15) is 0 Å². The molecule has 5 heteroatoms. The zero-order valence-electron chi connectivity index (χ0n) is 8.83. The van der Waals surface area contributed by atoms with E-state index in [9.17, 15) is 4.79 Å². The van der Waals surface area contributed by atoms with Gasteiger partial charge in [-0.3, -0.25) is 4.79 Å². The molecule has 0 saturated heterocycles. The quantitative estimate of drug-likeness (QED) is 0.607. The Kier molecular flexibility index (Phi) is 6.24. The minimum atomic E-state index is -0.172. The summed E-state index contributed by atoms with van der Waals surface area (Å²) in [4.78, 5) is 10.9. The minimum absolute atomic E-state index is 0.172. The molecule has 0 aromatic heterocycles. The van der Waals surface area contributed by atoms with Crippen LogP contribution in [0.15, 0.2) is 22.7 Å². The van der Waals surface area contributed by atoms with Crippen LogP contribution in [-0.4, -0.2) is 18.8 Å². The standard InChI is InChI=1S/C11H12BrClO2S/c1-15-11(14)4-5-16-7-8-2-3-9(12)6-10(8)13/h2-3,6H,4-5,7H2,1H3. The van der Waals surface area contributed by atoms with E-state index in [0.29, 0.717) is 6.42 Å². The predicted octanol–water partition coefficient (Wildman–Crippen LogP) is 3.90. The molecule has 0 saturated carbocycles. The molecule has 0 atom stereocenters. The fourth-order valence-electron chi connectivity index (χ4n) is 1.08. The Hall–Kier alpha value is -0.190. The van der Waals surface area contributed by atoms with Gasteiger partial charge in [-0.15, -0.1) is 0 Å². The van der Waals surface area contributed by atoms with Crippen LogP contribution in [0.3, 0.4) is 0 Å². The molecule has 0 spiro atoms. The second-order valence-corrected chi connectivity index (χ2v) is 5.54. The molecule has 88 valence electrons. The van der Waals surface area contributed by atoms with Crippen molar-refractivity contribution in [2.75, 3.05) is 12.9 Å². The van der Waals surface area contributed by atoms with E-state index in [1.54, 1.807) is 11.8 Å². The summed E-state index contributed by atoms with van der Waals surface area (Å²) in [6.07, 6.45) is 0.440. The molecular weight excluding hydrogens is 312 g/mol. The highest BCUT2D eigenvalue weighted by molar-refractivity contribution is 9.10. The monoisotopic (exact) mass is 322 g/mol. The maximum absolute atomic E-state index is 10.9. The molecule has 0 aliphatic carbocycles. The minimum Gasteiger partial charge on any atom is -0.469 e. The lowest BCUT2D eigenvalue weighted by atomic mass is 10.2. The van der Waals surface area contributed by atoms with Crippen molar-refractivity contribution >= 4 is 45.3 Å². The molecule has 0 amide bonds. The summed E-state index contributed by atoms with van der Waals surface area (Å²) in [6, 6.07) is 5.82. The summed E-state index contributed by atoms with van der Waals surface area (Å²) in [5, 5.41) is 0.750. The first-order valence-corrected chi connectivity index (χ1v) is 7.04. The van der Waals surface area contributed by atoms with Crippen LogP contribution in [0.25, 0.3) is 0 Å². The average Bonchev–Trinajstić information content (AvgIpc) is 2.26. The Morgan fingerprint density at radius 2 is 2.31 bits per heavy atom. The summed E-state index contributed by atoms with van der Waals surface area (Å²) in [7, 11) is 1.40. The molecule has 2 nitrogen and oxygen atoms in total. The molecule has 0 aliphatic rings. The summed E-state index contributed by atoms with van der Waals surface area (Å²) >= 11 is 11.1. The first-order valence-electron chi connectivity index (χ1n) is 4.72. The van der Waals surface area contributed by atoms with Gasteiger partial charge < -0.3 is 4.74 Å². The Bertz CT molecular complexity index is 371. The number of carbonyl (C=O) groups is 1. The van der Waals surface area contributed by atoms with Gasteiger partial charge in [0, 0.05) is 21.0 Å². The number of hydrogen-bond donors (Lipinski definition) is 0. The number of benzene rings is 1. The molecule has 16 heavy (non-hydrogen) atoms. The van der Waals surface area contributed by atoms with Gasteiger partial charge in [0.15, 0.2) is 0 Å². The normalized spacial score (nSPS) is 10.2. The molecular formula is C11H12BrClO2S. The van der Waals surface area contributed by atoms with E-state index in [1.165, 1.54) is 7.11 Å². The molecule has 0 bridgehead atoms. The summed E-state index contributed by atoms with van der Waals surface area (Å²) in [5.74, 6) is 1.39. The molecule has 1 aromatic carbocycles. The average molecular weight is 324 g/mol. The third-order valence-electron chi connectivity index (χ3n) is 1.95. The third-order valence-corrected chi connectivity index (χ3v) is 3.80. The first-order chi connectivity index (χ1) is 7.63. The summed E-state index contributed by atoms with van der Waals surface area (Å²) in [5.41, 5.74) is 1.08. The number of methoxy groups -OCH3 is 1. The lowest BCUT2D eigenvalue weighted by molar-refractivity contribution is -0.140. The lowest BCUT2D eigenvalue weighted by Crippen LogP contribution is -2.01. The fraction of sp³-hybridized carbons (Fsp3) is 0.364. The smallest absolute Gasteiger partial charge is 0.306 e. The van der Waals surface area contributed by atoms with E-state index in [-0.39, 0.29) is 5.97 Å². The molecule has 1 aromatic rings. The van der Waals surface area contributed by atoms with Crippen molar-refractivity contribution in [1.82, 2.24) is 0 Å². The maximum atomic E-state index is 10.9.